The lowest BCUT2D eigenvalue weighted by molar-refractivity contribution is -0.121. The Balaban J connectivity index is 0.00000361. The Bertz CT molecular complexity index is 360. The minimum atomic E-state index is 0. The molecule has 0 aromatic heterocycles. The molecular weight excluding hydrogens is 276 g/mol. The summed E-state index contributed by atoms with van der Waals surface area (Å²) >= 11 is 0. The summed E-state index contributed by atoms with van der Waals surface area (Å²) in [4.78, 5) is 11.8. The van der Waals surface area contributed by atoms with Gasteiger partial charge in [0.15, 0.2) is 0 Å². The van der Waals surface area contributed by atoms with Crippen LogP contribution in [0.3, 0.4) is 0 Å². The molecule has 1 aromatic rings. The highest BCUT2D eigenvalue weighted by Crippen LogP contribution is 2.05. The van der Waals surface area contributed by atoms with Crippen LogP contribution in [0, 0.1) is 0 Å². The summed E-state index contributed by atoms with van der Waals surface area (Å²) in [6.45, 7) is 3.74. The van der Waals surface area contributed by atoms with Crippen molar-refractivity contribution in [3.63, 3.8) is 0 Å². The molecule has 0 saturated heterocycles. The molecule has 1 aromatic carbocycles. The van der Waals surface area contributed by atoms with Crippen LogP contribution in [0.15, 0.2) is 30.3 Å². The van der Waals surface area contributed by atoms with E-state index in [1.54, 1.807) is 7.11 Å². The lowest BCUT2D eigenvalue weighted by Gasteiger charge is -2.17. The van der Waals surface area contributed by atoms with E-state index in [0.29, 0.717) is 19.7 Å². The molecule has 0 aliphatic carbocycles. The fourth-order valence-electron chi connectivity index (χ4n) is 1.85. The molecule has 0 aliphatic rings. The Kier molecular flexibility index (Phi) is 11.1. The zero-order chi connectivity index (χ0) is 13.9. The predicted molar refractivity (Wildman–Crippen MR) is 84.4 cm³/mol. The van der Waals surface area contributed by atoms with Crippen molar-refractivity contribution in [3.05, 3.63) is 35.9 Å². The van der Waals surface area contributed by atoms with E-state index in [1.165, 1.54) is 5.56 Å². The number of carbonyl (C=O) groups is 1. The van der Waals surface area contributed by atoms with E-state index in [0.717, 1.165) is 12.8 Å². The topological polar surface area (TPSA) is 50.4 Å². The van der Waals surface area contributed by atoms with Crippen LogP contribution in [-0.4, -0.2) is 38.8 Å². The van der Waals surface area contributed by atoms with E-state index in [4.69, 9.17) is 4.74 Å². The molecule has 5 heteroatoms. The minimum absolute atomic E-state index is 0. The molecule has 0 aliphatic heterocycles. The number of amides is 1. The van der Waals surface area contributed by atoms with Gasteiger partial charge in [0.25, 0.3) is 0 Å². The summed E-state index contributed by atoms with van der Waals surface area (Å²) < 4.78 is 4.91. The van der Waals surface area contributed by atoms with Crippen LogP contribution in [0.4, 0.5) is 0 Å². The van der Waals surface area contributed by atoms with Gasteiger partial charge in [-0.3, -0.25) is 4.79 Å². The molecule has 2 N–H and O–H groups in total. The van der Waals surface area contributed by atoms with Crippen LogP contribution < -0.4 is 10.6 Å². The second-order valence-corrected chi connectivity index (χ2v) is 4.53. The van der Waals surface area contributed by atoms with Crippen molar-refractivity contribution in [2.24, 2.45) is 0 Å². The van der Waals surface area contributed by atoms with Crippen molar-refractivity contribution in [2.45, 2.75) is 25.8 Å². The number of nitrogens with one attached hydrogen (secondary N) is 2. The van der Waals surface area contributed by atoms with Crippen LogP contribution in [0.25, 0.3) is 0 Å². The van der Waals surface area contributed by atoms with Gasteiger partial charge >= 0.3 is 0 Å². The number of hydrogen-bond donors (Lipinski definition) is 2. The minimum Gasteiger partial charge on any atom is -0.383 e. The van der Waals surface area contributed by atoms with Gasteiger partial charge in [0.05, 0.1) is 13.2 Å². The SMILES string of the molecule is CCC(Cc1ccccc1)NC(=O)CNCCOC.Cl. The summed E-state index contributed by atoms with van der Waals surface area (Å²) in [5.41, 5.74) is 1.25. The average Bonchev–Trinajstić information content (AvgIpc) is 2.44. The highest BCUT2D eigenvalue weighted by Gasteiger charge is 2.10. The first-order chi connectivity index (χ1) is 9.26. The summed E-state index contributed by atoms with van der Waals surface area (Å²) in [5, 5.41) is 6.09. The molecule has 0 bridgehead atoms. The van der Waals surface area contributed by atoms with E-state index in [2.05, 4.69) is 29.7 Å². The number of halogens is 1. The summed E-state index contributed by atoms with van der Waals surface area (Å²) in [6.07, 6.45) is 1.81. The van der Waals surface area contributed by atoms with Crippen molar-refractivity contribution in [3.8, 4) is 0 Å². The van der Waals surface area contributed by atoms with Crippen molar-refractivity contribution in [1.82, 2.24) is 10.6 Å². The van der Waals surface area contributed by atoms with Crippen molar-refractivity contribution in [2.75, 3.05) is 26.8 Å². The molecular formula is C15H25ClN2O2. The Morgan fingerprint density at radius 3 is 2.60 bits per heavy atom. The normalized spacial score (nSPS) is 11.5. The molecule has 0 heterocycles. The highest BCUT2D eigenvalue weighted by atomic mass is 35.5. The third-order valence-electron chi connectivity index (χ3n) is 2.95. The van der Waals surface area contributed by atoms with E-state index in [1.807, 2.05) is 18.2 Å². The number of hydrogen-bond acceptors (Lipinski definition) is 3. The zero-order valence-corrected chi connectivity index (χ0v) is 13.0. The monoisotopic (exact) mass is 300 g/mol. The van der Waals surface area contributed by atoms with Gasteiger partial charge in [-0.2, -0.15) is 0 Å². The second-order valence-electron chi connectivity index (χ2n) is 4.53. The van der Waals surface area contributed by atoms with Gasteiger partial charge < -0.3 is 15.4 Å². The molecule has 20 heavy (non-hydrogen) atoms. The lowest BCUT2D eigenvalue weighted by Crippen LogP contribution is -2.41. The van der Waals surface area contributed by atoms with E-state index < -0.39 is 0 Å². The Morgan fingerprint density at radius 2 is 2.00 bits per heavy atom. The molecule has 0 spiro atoms. The number of carbonyl (C=O) groups excluding carboxylic acids is 1. The summed E-state index contributed by atoms with van der Waals surface area (Å²) in [6, 6.07) is 10.4. The second kappa shape index (κ2) is 11.7. The molecule has 4 nitrogen and oxygen atoms in total. The lowest BCUT2D eigenvalue weighted by atomic mass is 10.0. The first-order valence-corrected chi connectivity index (χ1v) is 6.79. The maximum absolute atomic E-state index is 11.8. The van der Waals surface area contributed by atoms with Crippen LogP contribution in [0.1, 0.15) is 18.9 Å². The molecule has 0 fully saturated rings. The fourth-order valence-corrected chi connectivity index (χ4v) is 1.85. The first-order valence-electron chi connectivity index (χ1n) is 6.79. The van der Waals surface area contributed by atoms with Crippen LogP contribution >= 0.6 is 12.4 Å². The number of benzene rings is 1. The summed E-state index contributed by atoms with van der Waals surface area (Å²) in [7, 11) is 1.65. The van der Waals surface area contributed by atoms with Gasteiger partial charge in [0, 0.05) is 19.7 Å². The number of methoxy groups -OCH3 is 1. The molecule has 0 saturated carbocycles. The Morgan fingerprint density at radius 1 is 1.30 bits per heavy atom. The third kappa shape index (κ3) is 8.15. The van der Waals surface area contributed by atoms with Crippen LogP contribution in [0.2, 0.25) is 0 Å². The van der Waals surface area contributed by atoms with Crippen molar-refractivity contribution in [1.29, 1.82) is 0 Å². The van der Waals surface area contributed by atoms with Gasteiger partial charge in [-0.15, -0.1) is 12.4 Å². The summed E-state index contributed by atoms with van der Waals surface area (Å²) in [5.74, 6) is 0.0406. The standard InChI is InChI=1S/C15H24N2O2.ClH/c1-3-14(11-13-7-5-4-6-8-13)17-15(18)12-16-9-10-19-2;/h4-8,14,16H,3,9-12H2,1-2H3,(H,17,18);1H. The maximum atomic E-state index is 11.8. The van der Waals surface area contributed by atoms with E-state index in [9.17, 15) is 4.79 Å². The van der Waals surface area contributed by atoms with E-state index >= 15 is 0 Å². The quantitative estimate of drug-likeness (QED) is 0.684. The van der Waals surface area contributed by atoms with Gasteiger partial charge in [-0.25, -0.2) is 0 Å². The Labute approximate surface area is 127 Å². The fraction of sp³-hybridized carbons (Fsp3) is 0.533. The molecule has 1 rings (SSSR count). The van der Waals surface area contributed by atoms with Crippen LogP contribution in [-0.2, 0) is 16.0 Å². The maximum Gasteiger partial charge on any atom is 0.234 e. The van der Waals surface area contributed by atoms with Crippen molar-refractivity contribution < 1.29 is 9.53 Å². The van der Waals surface area contributed by atoms with Gasteiger partial charge in [-0.1, -0.05) is 37.3 Å². The van der Waals surface area contributed by atoms with Gasteiger partial charge in [-0.05, 0) is 18.4 Å². The smallest absolute Gasteiger partial charge is 0.234 e. The van der Waals surface area contributed by atoms with E-state index in [-0.39, 0.29) is 24.4 Å². The molecule has 1 atom stereocenters. The van der Waals surface area contributed by atoms with Crippen molar-refractivity contribution >= 4 is 18.3 Å². The largest absolute Gasteiger partial charge is 0.383 e. The first kappa shape index (κ1) is 18.9. The van der Waals surface area contributed by atoms with Gasteiger partial charge in [0.1, 0.15) is 0 Å². The highest BCUT2D eigenvalue weighted by molar-refractivity contribution is 5.85. The number of rotatable bonds is 9. The predicted octanol–water partition coefficient (Wildman–Crippen LogP) is 1.78. The Hall–Kier alpha value is -1.10. The zero-order valence-electron chi connectivity index (χ0n) is 12.2. The third-order valence-corrected chi connectivity index (χ3v) is 2.95. The van der Waals surface area contributed by atoms with Crippen LogP contribution in [0.5, 0.6) is 0 Å². The molecule has 1 unspecified atom stereocenters. The number of ether oxygens (including phenoxy) is 1. The van der Waals surface area contributed by atoms with Gasteiger partial charge in [0.2, 0.25) is 5.91 Å². The molecule has 0 radical (unpaired) electrons. The molecule has 1 amide bonds. The average molecular weight is 301 g/mol. The molecule has 114 valence electrons.